The molecule has 0 saturated heterocycles. The molecule has 0 aliphatic heterocycles. The van der Waals surface area contributed by atoms with Gasteiger partial charge in [0.05, 0.1) is 0 Å². The van der Waals surface area contributed by atoms with E-state index in [-0.39, 0.29) is 0 Å². The average molecular weight is 212 g/mol. The summed E-state index contributed by atoms with van der Waals surface area (Å²) < 4.78 is 0. The van der Waals surface area contributed by atoms with Crippen LogP contribution in [0.1, 0.15) is 74.1 Å². The Hall–Kier alpha value is 0. The van der Waals surface area contributed by atoms with E-state index < -0.39 is 0 Å². The summed E-state index contributed by atoms with van der Waals surface area (Å²) in [5, 5.41) is 0. The zero-order chi connectivity index (χ0) is 12.1. The van der Waals surface area contributed by atoms with Crippen molar-refractivity contribution in [2.75, 3.05) is 0 Å². The molecule has 15 heavy (non-hydrogen) atoms. The molecule has 0 aromatic rings. The van der Waals surface area contributed by atoms with Crippen LogP contribution in [0.2, 0.25) is 0 Å². The predicted octanol–water partition coefficient (Wildman–Crippen LogP) is 5.52. The van der Waals surface area contributed by atoms with Crippen LogP contribution in [0.15, 0.2) is 0 Å². The topological polar surface area (TPSA) is 0 Å². The van der Waals surface area contributed by atoms with Crippen LogP contribution in [0.3, 0.4) is 0 Å². The van der Waals surface area contributed by atoms with E-state index in [0.29, 0.717) is 5.41 Å². The van der Waals surface area contributed by atoms with Crippen molar-refractivity contribution in [3.8, 4) is 0 Å². The molecule has 0 rings (SSSR count). The van der Waals surface area contributed by atoms with Crippen LogP contribution in [-0.2, 0) is 0 Å². The molecule has 0 aromatic heterocycles. The van der Waals surface area contributed by atoms with Crippen LogP contribution >= 0.6 is 0 Å². The van der Waals surface area contributed by atoms with Gasteiger partial charge in [0.2, 0.25) is 0 Å². The van der Waals surface area contributed by atoms with Crippen molar-refractivity contribution in [2.45, 2.75) is 74.1 Å². The SMILES string of the molecule is CCCC(C)C(CCC(C)C)C(C)(C)C. The van der Waals surface area contributed by atoms with Gasteiger partial charge in [0, 0.05) is 0 Å². The highest BCUT2D eigenvalue weighted by atomic mass is 14.3. The molecule has 0 fully saturated rings. The van der Waals surface area contributed by atoms with E-state index in [2.05, 4.69) is 48.5 Å². The van der Waals surface area contributed by atoms with Gasteiger partial charge >= 0.3 is 0 Å². The minimum Gasteiger partial charge on any atom is -0.0654 e. The quantitative estimate of drug-likeness (QED) is 0.543. The molecule has 0 aromatic carbocycles. The second kappa shape index (κ2) is 6.55. The standard InChI is InChI=1S/C15H32/c1-8-9-13(4)14(15(5,6)7)11-10-12(2)3/h12-14H,8-11H2,1-7H3. The van der Waals surface area contributed by atoms with Crippen molar-refractivity contribution in [2.24, 2.45) is 23.2 Å². The van der Waals surface area contributed by atoms with Crippen LogP contribution in [0, 0.1) is 23.2 Å². The summed E-state index contributed by atoms with van der Waals surface area (Å²) in [5.74, 6) is 2.62. The minimum atomic E-state index is 0.476. The van der Waals surface area contributed by atoms with Crippen LogP contribution in [0.25, 0.3) is 0 Å². The lowest BCUT2D eigenvalue weighted by Crippen LogP contribution is -2.27. The van der Waals surface area contributed by atoms with E-state index >= 15 is 0 Å². The molecular weight excluding hydrogens is 180 g/mol. The van der Waals surface area contributed by atoms with Gasteiger partial charge in [-0.25, -0.2) is 0 Å². The molecule has 2 atom stereocenters. The fourth-order valence-electron chi connectivity index (χ4n) is 2.74. The molecular formula is C15H32. The second-order valence-corrected chi connectivity index (χ2v) is 6.71. The monoisotopic (exact) mass is 212 g/mol. The van der Waals surface area contributed by atoms with Crippen molar-refractivity contribution in [3.63, 3.8) is 0 Å². The maximum Gasteiger partial charge on any atom is -0.0340 e. The molecule has 0 saturated carbocycles. The number of rotatable bonds is 6. The van der Waals surface area contributed by atoms with E-state index in [4.69, 9.17) is 0 Å². The molecule has 0 heterocycles. The molecule has 92 valence electrons. The Balaban J connectivity index is 4.31. The van der Waals surface area contributed by atoms with Crippen molar-refractivity contribution in [1.82, 2.24) is 0 Å². The van der Waals surface area contributed by atoms with Gasteiger partial charge in [0.1, 0.15) is 0 Å². The third-order valence-corrected chi connectivity index (χ3v) is 3.60. The zero-order valence-corrected chi connectivity index (χ0v) is 12.1. The van der Waals surface area contributed by atoms with Gasteiger partial charge in [-0.1, -0.05) is 67.7 Å². The third kappa shape index (κ3) is 6.22. The molecule has 0 amide bonds. The first-order valence-electron chi connectivity index (χ1n) is 6.79. The number of hydrogen-bond acceptors (Lipinski definition) is 0. The molecule has 0 radical (unpaired) electrons. The van der Waals surface area contributed by atoms with Gasteiger partial charge in [-0.2, -0.15) is 0 Å². The van der Waals surface area contributed by atoms with Crippen LogP contribution in [0.5, 0.6) is 0 Å². The first-order valence-corrected chi connectivity index (χ1v) is 6.79. The molecule has 0 aliphatic rings. The van der Waals surface area contributed by atoms with Crippen LogP contribution in [-0.4, -0.2) is 0 Å². The van der Waals surface area contributed by atoms with E-state index in [1.54, 1.807) is 0 Å². The lowest BCUT2D eigenvalue weighted by Gasteiger charge is -2.36. The van der Waals surface area contributed by atoms with Gasteiger partial charge in [-0.05, 0) is 29.6 Å². The summed E-state index contributed by atoms with van der Waals surface area (Å²) in [4.78, 5) is 0. The molecule has 0 aliphatic carbocycles. The van der Waals surface area contributed by atoms with Crippen molar-refractivity contribution < 1.29 is 0 Å². The van der Waals surface area contributed by atoms with Gasteiger partial charge in [0.25, 0.3) is 0 Å². The fraction of sp³-hybridized carbons (Fsp3) is 1.00. The summed E-state index contributed by atoms with van der Waals surface area (Å²) in [6.45, 7) is 16.6. The maximum atomic E-state index is 2.44. The van der Waals surface area contributed by atoms with Crippen molar-refractivity contribution >= 4 is 0 Å². The second-order valence-electron chi connectivity index (χ2n) is 6.71. The fourth-order valence-corrected chi connectivity index (χ4v) is 2.74. The Morgan fingerprint density at radius 1 is 0.867 bits per heavy atom. The van der Waals surface area contributed by atoms with Crippen molar-refractivity contribution in [1.29, 1.82) is 0 Å². The number of hydrogen-bond donors (Lipinski definition) is 0. The lowest BCUT2D eigenvalue weighted by atomic mass is 9.69. The van der Waals surface area contributed by atoms with Gasteiger partial charge in [-0.3, -0.25) is 0 Å². The van der Waals surface area contributed by atoms with Gasteiger partial charge < -0.3 is 0 Å². The largest absolute Gasteiger partial charge is 0.0654 e. The summed E-state index contributed by atoms with van der Waals surface area (Å²) in [6, 6.07) is 0. The summed E-state index contributed by atoms with van der Waals surface area (Å²) in [6.07, 6.45) is 5.51. The average Bonchev–Trinajstić information content (AvgIpc) is 2.01. The lowest BCUT2D eigenvalue weighted by molar-refractivity contribution is 0.141. The zero-order valence-electron chi connectivity index (χ0n) is 12.1. The third-order valence-electron chi connectivity index (χ3n) is 3.60. The molecule has 2 unspecified atom stereocenters. The maximum absolute atomic E-state index is 2.44. The predicted molar refractivity (Wildman–Crippen MR) is 71.1 cm³/mol. The smallest absolute Gasteiger partial charge is 0.0340 e. The van der Waals surface area contributed by atoms with Gasteiger partial charge in [0.15, 0.2) is 0 Å². The summed E-state index contributed by atoms with van der Waals surface area (Å²) >= 11 is 0. The first kappa shape index (κ1) is 15.0. The Morgan fingerprint density at radius 3 is 1.73 bits per heavy atom. The Labute approximate surface area is 97.8 Å². The normalized spacial score (nSPS) is 16.8. The molecule has 0 spiro atoms. The van der Waals surface area contributed by atoms with E-state index in [9.17, 15) is 0 Å². The van der Waals surface area contributed by atoms with E-state index in [1.165, 1.54) is 25.7 Å². The highest BCUT2D eigenvalue weighted by Crippen LogP contribution is 2.38. The first-order chi connectivity index (χ1) is 6.79. The highest BCUT2D eigenvalue weighted by Gasteiger charge is 2.28. The summed E-state index contributed by atoms with van der Waals surface area (Å²) in [5.41, 5.74) is 0.476. The van der Waals surface area contributed by atoms with Crippen LogP contribution in [0.4, 0.5) is 0 Å². The Morgan fingerprint density at radius 2 is 1.40 bits per heavy atom. The van der Waals surface area contributed by atoms with Gasteiger partial charge in [-0.15, -0.1) is 0 Å². The van der Waals surface area contributed by atoms with Crippen molar-refractivity contribution in [3.05, 3.63) is 0 Å². The molecule has 0 nitrogen and oxygen atoms in total. The molecule has 0 heteroatoms. The minimum absolute atomic E-state index is 0.476. The molecule has 0 bridgehead atoms. The Kier molecular flexibility index (Phi) is 6.55. The van der Waals surface area contributed by atoms with E-state index in [1.807, 2.05) is 0 Å². The summed E-state index contributed by atoms with van der Waals surface area (Å²) in [7, 11) is 0. The highest BCUT2D eigenvalue weighted by molar-refractivity contribution is 4.78. The Bertz CT molecular complexity index is 150. The van der Waals surface area contributed by atoms with Crippen LogP contribution < -0.4 is 0 Å². The van der Waals surface area contributed by atoms with E-state index in [0.717, 1.165) is 17.8 Å². The molecule has 0 N–H and O–H groups in total.